The molecule has 1 aromatic heterocycles. The van der Waals surface area contributed by atoms with Gasteiger partial charge in [-0.3, -0.25) is 24.5 Å². The molecule has 11 nitrogen and oxygen atoms in total. The minimum Gasteiger partial charge on any atom is -0.491 e. The molecule has 3 saturated heterocycles. The number of hydrogen-bond acceptors (Lipinski definition) is 9. The van der Waals surface area contributed by atoms with Crippen molar-refractivity contribution in [2.24, 2.45) is 0 Å². The molecule has 2 aromatic rings. The van der Waals surface area contributed by atoms with Gasteiger partial charge in [0, 0.05) is 43.5 Å². The summed E-state index contributed by atoms with van der Waals surface area (Å²) in [5.41, 5.74) is 1.80. The minimum absolute atomic E-state index is 0.0708. The van der Waals surface area contributed by atoms with Gasteiger partial charge in [0.25, 0.3) is 11.8 Å². The fraction of sp³-hybridized carbons (Fsp3) is 0.519. The number of carbonyl (C=O) groups excluding carboxylic acids is 4. The number of nitrogens with one attached hydrogen (secondary N) is 1. The maximum Gasteiger partial charge on any atom is 0.273 e. The summed E-state index contributed by atoms with van der Waals surface area (Å²) in [5.74, 6) is -0.400. The Hall–Kier alpha value is -3.51. The first-order valence-electron chi connectivity index (χ1n) is 13.5. The van der Waals surface area contributed by atoms with Gasteiger partial charge in [-0.25, -0.2) is 4.98 Å². The van der Waals surface area contributed by atoms with Crippen LogP contribution in [0.25, 0.3) is 0 Å². The number of anilines is 1. The molecule has 1 aromatic carbocycles. The topological polar surface area (TPSA) is 121 Å². The first kappa shape index (κ1) is 25.8. The predicted molar refractivity (Wildman–Crippen MR) is 142 cm³/mol. The Bertz CT molecular complexity index is 1290. The SMILES string of the molecule is O=C1CCC(N2Cc3cc(OC[C@H]4CCCCN4C(=O)c4csc(N5CCOCC5)n4)ccc3C2=O)C(=O)N1. The summed E-state index contributed by atoms with van der Waals surface area (Å²) in [5, 5.41) is 5.02. The number of likely N-dealkylation sites (tertiary alicyclic amines) is 1. The summed E-state index contributed by atoms with van der Waals surface area (Å²) in [6.07, 6.45) is 3.36. The van der Waals surface area contributed by atoms with Crippen molar-refractivity contribution in [3.05, 3.63) is 40.4 Å². The van der Waals surface area contributed by atoms with Crippen LogP contribution in [-0.2, 0) is 20.9 Å². The number of imide groups is 1. The summed E-state index contributed by atoms with van der Waals surface area (Å²) >= 11 is 1.49. The largest absolute Gasteiger partial charge is 0.491 e. The molecule has 0 aliphatic carbocycles. The van der Waals surface area contributed by atoms with E-state index in [2.05, 4.69) is 15.2 Å². The van der Waals surface area contributed by atoms with Gasteiger partial charge >= 0.3 is 0 Å². The zero-order chi connectivity index (χ0) is 26.9. The van der Waals surface area contributed by atoms with E-state index in [4.69, 9.17) is 9.47 Å². The van der Waals surface area contributed by atoms with Gasteiger partial charge in [0.05, 0.1) is 19.3 Å². The molecule has 0 radical (unpaired) electrons. The highest BCUT2D eigenvalue weighted by Gasteiger charge is 2.39. The van der Waals surface area contributed by atoms with E-state index in [-0.39, 0.29) is 30.2 Å². The van der Waals surface area contributed by atoms with Crippen LogP contribution in [-0.4, -0.2) is 90.0 Å². The molecule has 3 fully saturated rings. The molecule has 12 heteroatoms. The second-order valence-corrected chi connectivity index (χ2v) is 11.1. The molecule has 0 bridgehead atoms. The van der Waals surface area contributed by atoms with Gasteiger partial charge in [0.1, 0.15) is 24.1 Å². The van der Waals surface area contributed by atoms with Crippen molar-refractivity contribution in [3.8, 4) is 5.75 Å². The molecule has 4 aliphatic rings. The van der Waals surface area contributed by atoms with Crippen molar-refractivity contribution in [1.29, 1.82) is 0 Å². The first-order chi connectivity index (χ1) is 19.0. The van der Waals surface area contributed by atoms with E-state index < -0.39 is 11.9 Å². The number of fused-ring (bicyclic) bond motifs is 1. The van der Waals surface area contributed by atoms with Crippen LogP contribution in [0.3, 0.4) is 0 Å². The van der Waals surface area contributed by atoms with Gasteiger partial charge in [0.15, 0.2) is 5.13 Å². The van der Waals surface area contributed by atoms with Crippen LogP contribution in [0.4, 0.5) is 5.13 Å². The summed E-state index contributed by atoms with van der Waals surface area (Å²) in [4.78, 5) is 60.4. The summed E-state index contributed by atoms with van der Waals surface area (Å²) in [7, 11) is 0. The third-order valence-corrected chi connectivity index (χ3v) is 8.72. The molecule has 1 N–H and O–H groups in total. The van der Waals surface area contributed by atoms with Crippen LogP contribution in [0.5, 0.6) is 5.75 Å². The van der Waals surface area contributed by atoms with E-state index in [1.165, 1.54) is 16.2 Å². The smallest absolute Gasteiger partial charge is 0.273 e. The number of aromatic nitrogens is 1. The normalized spacial score (nSPS) is 23.6. The lowest BCUT2D eigenvalue weighted by Crippen LogP contribution is -2.52. The zero-order valence-corrected chi connectivity index (χ0v) is 22.4. The predicted octanol–water partition coefficient (Wildman–Crippen LogP) is 1.81. The van der Waals surface area contributed by atoms with E-state index in [1.807, 2.05) is 16.3 Å². The highest BCUT2D eigenvalue weighted by Crippen LogP contribution is 2.31. The van der Waals surface area contributed by atoms with Crippen LogP contribution < -0.4 is 15.0 Å². The van der Waals surface area contributed by atoms with Crippen molar-refractivity contribution in [2.45, 2.75) is 50.7 Å². The van der Waals surface area contributed by atoms with Crippen LogP contribution >= 0.6 is 11.3 Å². The van der Waals surface area contributed by atoms with Crippen LogP contribution in [0, 0.1) is 0 Å². The molecule has 206 valence electrons. The Morgan fingerprint density at radius 3 is 2.79 bits per heavy atom. The molecular formula is C27H31N5O6S. The Balaban J connectivity index is 1.10. The highest BCUT2D eigenvalue weighted by atomic mass is 32.1. The van der Waals surface area contributed by atoms with Crippen molar-refractivity contribution >= 4 is 40.1 Å². The molecule has 5 heterocycles. The van der Waals surface area contributed by atoms with Gasteiger partial charge in [-0.2, -0.15) is 0 Å². The quantitative estimate of drug-likeness (QED) is 0.538. The average molecular weight is 554 g/mol. The maximum absolute atomic E-state index is 13.4. The van der Waals surface area contributed by atoms with Crippen molar-refractivity contribution in [3.63, 3.8) is 0 Å². The molecule has 0 saturated carbocycles. The fourth-order valence-corrected chi connectivity index (χ4v) is 6.54. The minimum atomic E-state index is -0.650. The third kappa shape index (κ3) is 5.22. The molecule has 6 rings (SSSR count). The lowest BCUT2D eigenvalue weighted by Gasteiger charge is -2.35. The number of ether oxygens (including phenoxy) is 2. The number of thiazole rings is 1. The standard InChI is InChI=1S/C27H31N5O6S/c33-23-7-6-22(24(34)29-23)32-14-17-13-19(4-5-20(17)25(32)35)38-15-18-3-1-2-8-31(18)26(36)21-16-39-27(28-21)30-9-11-37-12-10-30/h4-5,13,16,18,22H,1-3,6-12,14-15H2,(H,29,33,34)/t18-,22?/m1/s1. The van der Waals surface area contributed by atoms with Gasteiger partial charge in [0.2, 0.25) is 11.8 Å². The number of nitrogens with zero attached hydrogens (tertiary/aromatic N) is 4. The molecule has 0 spiro atoms. The Morgan fingerprint density at radius 2 is 1.97 bits per heavy atom. The number of piperidine rings is 2. The maximum atomic E-state index is 13.4. The van der Waals surface area contributed by atoms with Gasteiger partial charge in [-0.1, -0.05) is 0 Å². The number of carbonyl (C=O) groups is 4. The van der Waals surface area contributed by atoms with Crippen molar-refractivity contribution in [2.75, 3.05) is 44.4 Å². The molecule has 4 amide bonds. The van der Waals surface area contributed by atoms with Gasteiger partial charge in [-0.05, 0) is 49.4 Å². The molecule has 4 aliphatic heterocycles. The summed E-state index contributed by atoms with van der Waals surface area (Å²) in [6, 6.07) is 4.60. The fourth-order valence-electron chi connectivity index (χ4n) is 5.68. The van der Waals surface area contributed by atoms with Gasteiger partial charge < -0.3 is 24.2 Å². The van der Waals surface area contributed by atoms with Crippen LogP contribution in [0.15, 0.2) is 23.6 Å². The van der Waals surface area contributed by atoms with E-state index in [9.17, 15) is 19.2 Å². The number of morpholine rings is 1. The van der Waals surface area contributed by atoms with E-state index in [0.29, 0.717) is 56.3 Å². The number of amides is 4. The Labute approximate surface area is 230 Å². The van der Waals surface area contributed by atoms with Crippen LogP contribution in [0.2, 0.25) is 0 Å². The van der Waals surface area contributed by atoms with E-state index >= 15 is 0 Å². The van der Waals surface area contributed by atoms with Crippen molar-refractivity contribution < 1.29 is 28.7 Å². The first-order valence-corrected chi connectivity index (χ1v) is 14.4. The third-order valence-electron chi connectivity index (χ3n) is 7.82. The van der Waals surface area contributed by atoms with E-state index in [0.717, 1.165) is 43.0 Å². The Morgan fingerprint density at radius 1 is 1.13 bits per heavy atom. The molecule has 1 unspecified atom stereocenters. The molecule has 39 heavy (non-hydrogen) atoms. The molecular weight excluding hydrogens is 522 g/mol. The van der Waals surface area contributed by atoms with Crippen molar-refractivity contribution in [1.82, 2.24) is 20.1 Å². The monoisotopic (exact) mass is 553 g/mol. The number of benzene rings is 1. The Kier molecular flexibility index (Phi) is 7.22. The molecule has 2 atom stereocenters. The average Bonchev–Trinajstić information content (AvgIpc) is 3.57. The summed E-state index contributed by atoms with van der Waals surface area (Å²) in [6.45, 7) is 4.19. The number of hydrogen-bond donors (Lipinski definition) is 1. The number of rotatable bonds is 6. The van der Waals surface area contributed by atoms with E-state index in [1.54, 1.807) is 12.1 Å². The second-order valence-electron chi connectivity index (χ2n) is 10.3. The lowest BCUT2D eigenvalue weighted by atomic mass is 10.0. The lowest BCUT2D eigenvalue weighted by molar-refractivity contribution is -0.136. The summed E-state index contributed by atoms with van der Waals surface area (Å²) < 4.78 is 11.6. The van der Waals surface area contributed by atoms with Crippen LogP contribution in [0.1, 0.15) is 58.5 Å². The second kappa shape index (κ2) is 10.9. The zero-order valence-electron chi connectivity index (χ0n) is 21.6. The van der Waals surface area contributed by atoms with Gasteiger partial charge in [-0.15, -0.1) is 11.3 Å². The highest BCUT2D eigenvalue weighted by molar-refractivity contribution is 7.13.